The number of rotatable bonds is 4. The van der Waals surface area contributed by atoms with E-state index >= 15 is 0 Å². The van der Waals surface area contributed by atoms with Crippen LogP contribution >= 0.6 is 12.2 Å². The molecule has 1 amide bonds. The average molecular weight is 346 g/mol. The number of hydrogen-bond acceptors (Lipinski definition) is 4. The molecule has 1 aromatic heterocycles. The van der Waals surface area contributed by atoms with E-state index in [1.54, 1.807) is 36.6 Å². The second kappa shape index (κ2) is 6.47. The van der Waals surface area contributed by atoms with Crippen LogP contribution in [0, 0.1) is 4.84 Å². The Bertz CT molecular complexity index is 942. The smallest absolute Gasteiger partial charge is 0.266 e. The first-order valence-electron chi connectivity index (χ1n) is 6.86. The van der Waals surface area contributed by atoms with E-state index in [4.69, 9.17) is 16.6 Å². The minimum atomic E-state index is -1.00. The van der Waals surface area contributed by atoms with Gasteiger partial charge in [0.1, 0.15) is 0 Å². The molecule has 1 atom stereocenters. The van der Waals surface area contributed by atoms with Crippen LogP contribution in [-0.2, 0) is 17.3 Å². The van der Waals surface area contributed by atoms with E-state index in [0.29, 0.717) is 17.7 Å². The van der Waals surface area contributed by atoms with Crippen molar-refractivity contribution in [2.45, 2.75) is 11.4 Å². The lowest BCUT2D eigenvalue weighted by molar-refractivity contribution is 0.0951. The summed E-state index contributed by atoms with van der Waals surface area (Å²) in [5, 5.41) is 2.84. The number of oxazole rings is 1. The fourth-order valence-corrected chi connectivity index (χ4v) is 2.89. The summed E-state index contributed by atoms with van der Waals surface area (Å²) in [5.41, 5.74) is 2.75. The van der Waals surface area contributed by atoms with Crippen LogP contribution < -0.4 is 5.32 Å². The highest BCUT2D eigenvalue weighted by atomic mass is 32.2. The van der Waals surface area contributed by atoms with E-state index in [-0.39, 0.29) is 10.7 Å². The number of fused-ring (bicyclic) bond motifs is 1. The summed E-state index contributed by atoms with van der Waals surface area (Å²) in [5.74, 6) is -0.197. The molecule has 0 fully saturated rings. The van der Waals surface area contributed by atoms with E-state index < -0.39 is 10.8 Å². The van der Waals surface area contributed by atoms with Crippen LogP contribution in [0.4, 0.5) is 0 Å². The van der Waals surface area contributed by atoms with Gasteiger partial charge in [0, 0.05) is 34.1 Å². The van der Waals surface area contributed by atoms with Crippen molar-refractivity contribution in [2.24, 2.45) is 0 Å². The standard InChI is InChI=1S/C16H14N2O3S2/c1-23(20)12-5-2-10(3-6-12)9-17-15(19)11-4-7-13-14(8-11)21-16(22)18-13/h2-8H,9H2,1H3,(H,17,19)(H,18,22). The van der Waals surface area contributed by atoms with Gasteiger partial charge in [0.25, 0.3) is 10.7 Å². The average Bonchev–Trinajstić information content (AvgIpc) is 2.92. The second-order valence-electron chi connectivity index (χ2n) is 5.01. The molecule has 0 saturated carbocycles. The van der Waals surface area contributed by atoms with Crippen LogP contribution in [0.15, 0.2) is 51.8 Å². The summed E-state index contributed by atoms with van der Waals surface area (Å²) in [6.45, 7) is 0.393. The minimum absolute atomic E-state index is 0.197. The molecule has 0 spiro atoms. The minimum Gasteiger partial charge on any atom is -0.429 e. The Morgan fingerprint density at radius 2 is 2.00 bits per heavy atom. The first kappa shape index (κ1) is 15.6. The van der Waals surface area contributed by atoms with E-state index in [9.17, 15) is 9.00 Å². The van der Waals surface area contributed by atoms with Crippen LogP contribution in [0.25, 0.3) is 11.1 Å². The number of aromatic nitrogens is 1. The van der Waals surface area contributed by atoms with Crippen LogP contribution in [-0.4, -0.2) is 21.4 Å². The van der Waals surface area contributed by atoms with Gasteiger partial charge in [-0.05, 0) is 48.1 Å². The van der Waals surface area contributed by atoms with Crippen LogP contribution in [0.5, 0.6) is 0 Å². The Balaban J connectivity index is 1.70. The molecule has 0 aliphatic carbocycles. The number of carbonyl (C=O) groups excluding carboxylic acids is 1. The molecule has 2 N–H and O–H groups in total. The van der Waals surface area contributed by atoms with E-state index in [1.165, 1.54) is 0 Å². The molecular formula is C16H14N2O3S2. The number of benzene rings is 2. The molecule has 3 aromatic rings. The lowest BCUT2D eigenvalue weighted by atomic mass is 10.2. The molecule has 0 aliphatic heterocycles. The van der Waals surface area contributed by atoms with Crippen molar-refractivity contribution in [1.29, 1.82) is 0 Å². The second-order valence-corrected chi connectivity index (χ2v) is 6.76. The van der Waals surface area contributed by atoms with Gasteiger partial charge in [0.2, 0.25) is 0 Å². The van der Waals surface area contributed by atoms with Gasteiger partial charge in [-0.1, -0.05) is 12.1 Å². The molecule has 0 bridgehead atoms. The number of nitrogens with one attached hydrogen (secondary N) is 2. The Morgan fingerprint density at radius 1 is 1.26 bits per heavy atom. The van der Waals surface area contributed by atoms with Gasteiger partial charge in [-0.25, -0.2) is 0 Å². The quantitative estimate of drug-likeness (QED) is 0.712. The van der Waals surface area contributed by atoms with Gasteiger partial charge in [-0.15, -0.1) is 0 Å². The zero-order valence-corrected chi connectivity index (χ0v) is 13.9. The van der Waals surface area contributed by atoms with Crippen molar-refractivity contribution in [2.75, 3.05) is 6.26 Å². The van der Waals surface area contributed by atoms with E-state index in [1.807, 2.05) is 12.1 Å². The Labute approximate surface area is 140 Å². The van der Waals surface area contributed by atoms with E-state index in [0.717, 1.165) is 16.0 Å². The summed E-state index contributed by atoms with van der Waals surface area (Å²) >= 11 is 4.92. The van der Waals surface area contributed by atoms with Crippen LogP contribution in [0.2, 0.25) is 0 Å². The molecule has 0 saturated heterocycles. The Morgan fingerprint density at radius 3 is 2.70 bits per heavy atom. The summed E-state index contributed by atoms with van der Waals surface area (Å²) < 4.78 is 16.6. The monoisotopic (exact) mass is 346 g/mol. The lowest BCUT2D eigenvalue weighted by Gasteiger charge is -2.06. The number of carbonyl (C=O) groups is 1. The molecule has 1 heterocycles. The maximum atomic E-state index is 12.2. The molecule has 2 aromatic carbocycles. The summed E-state index contributed by atoms with van der Waals surface area (Å²) in [6, 6.07) is 12.4. The van der Waals surface area contributed by atoms with Crippen molar-refractivity contribution >= 4 is 40.0 Å². The zero-order valence-electron chi connectivity index (χ0n) is 12.3. The highest BCUT2D eigenvalue weighted by Crippen LogP contribution is 2.15. The van der Waals surface area contributed by atoms with Gasteiger partial charge in [-0.2, -0.15) is 0 Å². The van der Waals surface area contributed by atoms with Gasteiger partial charge < -0.3 is 14.7 Å². The molecule has 0 radical (unpaired) electrons. The highest BCUT2D eigenvalue weighted by molar-refractivity contribution is 7.84. The maximum absolute atomic E-state index is 12.2. The van der Waals surface area contributed by atoms with Crippen molar-refractivity contribution in [3.05, 3.63) is 58.4 Å². The van der Waals surface area contributed by atoms with Crippen LogP contribution in [0.3, 0.4) is 0 Å². The van der Waals surface area contributed by atoms with Crippen molar-refractivity contribution < 1.29 is 13.4 Å². The van der Waals surface area contributed by atoms with Crippen molar-refractivity contribution in [3.63, 3.8) is 0 Å². The predicted octanol–water partition coefficient (Wildman–Crippen LogP) is 3.16. The van der Waals surface area contributed by atoms with Gasteiger partial charge in [-0.3, -0.25) is 9.00 Å². The maximum Gasteiger partial charge on any atom is 0.266 e. The molecule has 118 valence electrons. The molecular weight excluding hydrogens is 332 g/mol. The molecule has 23 heavy (non-hydrogen) atoms. The molecule has 0 aliphatic rings. The number of aromatic amines is 1. The van der Waals surface area contributed by atoms with Gasteiger partial charge in [0.05, 0.1) is 5.52 Å². The van der Waals surface area contributed by atoms with Gasteiger partial charge in [0.15, 0.2) is 5.58 Å². The van der Waals surface area contributed by atoms with Crippen molar-refractivity contribution in [3.8, 4) is 0 Å². The van der Waals surface area contributed by atoms with Gasteiger partial charge >= 0.3 is 0 Å². The Kier molecular flexibility index (Phi) is 4.40. The third-order valence-corrected chi connectivity index (χ3v) is 4.51. The Hall–Kier alpha value is -2.25. The zero-order chi connectivity index (χ0) is 16.4. The summed E-state index contributed by atoms with van der Waals surface area (Å²) in [4.78, 5) is 16.1. The summed E-state index contributed by atoms with van der Waals surface area (Å²) in [7, 11) is -1.00. The topological polar surface area (TPSA) is 75.1 Å². The first-order chi connectivity index (χ1) is 11.0. The molecule has 3 rings (SSSR count). The molecule has 1 unspecified atom stereocenters. The highest BCUT2D eigenvalue weighted by Gasteiger charge is 2.08. The number of hydrogen-bond donors (Lipinski definition) is 2. The first-order valence-corrected chi connectivity index (χ1v) is 8.83. The van der Waals surface area contributed by atoms with Crippen LogP contribution in [0.1, 0.15) is 15.9 Å². The molecule has 5 nitrogen and oxygen atoms in total. The predicted molar refractivity (Wildman–Crippen MR) is 91.3 cm³/mol. The SMILES string of the molecule is CS(=O)c1ccc(CNC(=O)c2ccc3[nH]c(=S)oc3c2)cc1. The lowest BCUT2D eigenvalue weighted by Crippen LogP contribution is -2.22. The fraction of sp³-hybridized carbons (Fsp3) is 0.125. The molecule has 7 heteroatoms. The largest absolute Gasteiger partial charge is 0.429 e. The number of H-pyrrole nitrogens is 1. The third kappa shape index (κ3) is 3.57. The summed E-state index contributed by atoms with van der Waals surface area (Å²) in [6.07, 6.45) is 1.63. The van der Waals surface area contributed by atoms with Crippen molar-refractivity contribution in [1.82, 2.24) is 10.3 Å². The third-order valence-electron chi connectivity index (χ3n) is 3.39. The normalized spacial score (nSPS) is 12.2. The fourth-order valence-electron chi connectivity index (χ4n) is 2.17. The number of amides is 1. The van der Waals surface area contributed by atoms with E-state index in [2.05, 4.69) is 10.3 Å².